The van der Waals surface area contributed by atoms with Gasteiger partial charge in [-0.1, -0.05) is 35.5 Å². The number of methoxy groups -OCH3 is 1. The van der Waals surface area contributed by atoms with Crippen LogP contribution in [0.3, 0.4) is 0 Å². The minimum absolute atomic E-state index is 0.261. The molecule has 0 atom stereocenters. The second kappa shape index (κ2) is 7.90. The molecule has 26 heavy (non-hydrogen) atoms. The number of ether oxygens (including phenoxy) is 1. The van der Waals surface area contributed by atoms with Gasteiger partial charge in [0.2, 0.25) is 0 Å². The number of hydrogen-bond acceptors (Lipinski definition) is 5. The third-order valence-electron chi connectivity index (χ3n) is 3.53. The summed E-state index contributed by atoms with van der Waals surface area (Å²) in [6.07, 6.45) is 1.70. The monoisotopic (exact) mass is 404 g/mol. The number of rotatable bonds is 4. The quantitative estimate of drug-likeness (QED) is 0.618. The molecule has 0 bridgehead atoms. The van der Waals surface area contributed by atoms with Crippen molar-refractivity contribution in [3.63, 3.8) is 0 Å². The molecule has 1 heterocycles. The van der Waals surface area contributed by atoms with E-state index in [4.69, 9.17) is 28.6 Å². The Morgan fingerprint density at radius 1 is 1.19 bits per heavy atom. The van der Waals surface area contributed by atoms with Gasteiger partial charge < -0.3 is 4.74 Å². The molecule has 8 heteroatoms. The second-order valence-electron chi connectivity index (χ2n) is 5.24. The van der Waals surface area contributed by atoms with Crippen LogP contribution in [0.1, 0.15) is 15.9 Å². The molecule has 0 aliphatic carbocycles. The lowest BCUT2D eigenvalue weighted by Gasteiger charge is -2.15. The molecule has 0 radical (unpaired) electrons. The minimum Gasteiger partial charge on any atom is -0.497 e. The van der Waals surface area contributed by atoms with Crippen molar-refractivity contribution in [1.29, 1.82) is 0 Å². The first-order valence-electron chi connectivity index (χ1n) is 7.46. The van der Waals surface area contributed by atoms with E-state index < -0.39 is 5.91 Å². The number of carbonyl (C=O) groups excluding carboxylic acids is 2. The molecule has 0 spiro atoms. The van der Waals surface area contributed by atoms with E-state index in [1.165, 1.54) is 0 Å². The van der Waals surface area contributed by atoms with E-state index in [0.717, 1.165) is 22.3 Å². The lowest BCUT2D eigenvalue weighted by atomic mass is 10.2. The van der Waals surface area contributed by atoms with Crippen LogP contribution in [0.15, 0.2) is 53.4 Å². The fourth-order valence-electron chi connectivity index (χ4n) is 2.18. The number of halogens is 1. The van der Waals surface area contributed by atoms with Gasteiger partial charge in [-0.25, -0.2) is 0 Å². The van der Waals surface area contributed by atoms with E-state index in [-0.39, 0.29) is 10.2 Å². The van der Waals surface area contributed by atoms with E-state index in [9.17, 15) is 9.59 Å². The van der Waals surface area contributed by atoms with Gasteiger partial charge in [-0.2, -0.15) is 5.01 Å². The maximum atomic E-state index is 12.5. The third-order valence-corrected chi connectivity index (χ3v) is 5.08. The fourth-order valence-corrected chi connectivity index (χ4v) is 3.49. The van der Waals surface area contributed by atoms with Crippen molar-refractivity contribution in [2.45, 2.75) is 0 Å². The Morgan fingerprint density at radius 3 is 2.46 bits per heavy atom. The topological polar surface area (TPSA) is 58.6 Å². The van der Waals surface area contributed by atoms with E-state index in [2.05, 4.69) is 5.43 Å². The summed E-state index contributed by atoms with van der Waals surface area (Å²) in [5, 5.41) is 1.69. The molecular weight excluding hydrogens is 392 g/mol. The van der Waals surface area contributed by atoms with Crippen LogP contribution in [0.25, 0.3) is 6.08 Å². The average molecular weight is 405 g/mol. The maximum absolute atomic E-state index is 12.5. The maximum Gasteiger partial charge on any atom is 0.285 e. The van der Waals surface area contributed by atoms with Gasteiger partial charge in [-0.3, -0.25) is 15.0 Å². The molecule has 0 saturated carbocycles. The Labute approximate surface area is 164 Å². The largest absolute Gasteiger partial charge is 0.497 e. The number of thioether (sulfide) groups is 1. The molecule has 5 nitrogen and oxygen atoms in total. The van der Waals surface area contributed by atoms with Crippen molar-refractivity contribution in [2.24, 2.45) is 0 Å². The van der Waals surface area contributed by atoms with Crippen molar-refractivity contribution in [1.82, 2.24) is 10.4 Å². The number of thiocarbonyl (C=S) groups is 1. The van der Waals surface area contributed by atoms with Crippen LogP contribution >= 0.6 is 35.6 Å². The highest BCUT2D eigenvalue weighted by Crippen LogP contribution is 2.31. The van der Waals surface area contributed by atoms with Crippen LogP contribution in [-0.2, 0) is 4.79 Å². The van der Waals surface area contributed by atoms with Crippen LogP contribution in [0.5, 0.6) is 5.75 Å². The molecule has 2 aromatic carbocycles. The Bertz CT molecular complexity index is 896. The number of benzene rings is 2. The summed E-state index contributed by atoms with van der Waals surface area (Å²) in [5.74, 6) is -0.174. The van der Waals surface area contributed by atoms with Gasteiger partial charge in [0.05, 0.1) is 12.0 Å². The molecule has 0 unspecified atom stereocenters. The zero-order valence-corrected chi connectivity index (χ0v) is 16.0. The number of hydrogen-bond donors (Lipinski definition) is 1. The normalized spacial score (nSPS) is 15.5. The smallest absolute Gasteiger partial charge is 0.285 e. The summed E-state index contributed by atoms with van der Waals surface area (Å²) in [4.78, 5) is 25.3. The summed E-state index contributed by atoms with van der Waals surface area (Å²) in [6, 6.07) is 13.6. The predicted octanol–water partition coefficient (Wildman–Crippen LogP) is 3.89. The summed E-state index contributed by atoms with van der Waals surface area (Å²) in [5.41, 5.74) is 3.74. The molecule has 1 fully saturated rings. The molecule has 2 amide bonds. The molecule has 132 valence electrons. The molecular formula is C18H13ClN2O3S2. The van der Waals surface area contributed by atoms with Gasteiger partial charge in [0.1, 0.15) is 5.75 Å². The zero-order valence-electron chi connectivity index (χ0n) is 13.6. The molecule has 1 N–H and O–H groups in total. The highest BCUT2D eigenvalue weighted by molar-refractivity contribution is 8.26. The number of carbonyl (C=O) groups is 2. The Balaban J connectivity index is 1.74. The molecule has 2 aromatic rings. The Morgan fingerprint density at radius 2 is 1.85 bits per heavy atom. The molecule has 1 aliphatic rings. The van der Waals surface area contributed by atoms with Crippen molar-refractivity contribution < 1.29 is 14.3 Å². The summed E-state index contributed by atoms with van der Waals surface area (Å²) < 4.78 is 5.32. The van der Waals surface area contributed by atoms with Crippen LogP contribution in [-0.4, -0.2) is 28.3 Å². The van der Waals surface area contributed by atoms with Gasteiger partial charge in [-0.05, 0) is 60.3 Å². The van der Waals surface area contributed by atoms with E-state index in [0.29, 0.717) is 21.2 Å². The molecule has 0 aromatic heterocycles. The summed E-state index contributed by atoms with van der Waals surface area (Å²) >= 11 is 12.2. The first-order chi connectivity index (χ1) is 12.5. The van der Waals surface area contributed by atoms with Gasteiger partial charge >= 0.3 is 0 Å². The number of nitrogens with one attached hydrogen (secondary N) is 1. The lowest BCUT2D eigenvalue weighted by Crippen LogP contribution is -2.44. The molecule has 1 aliphatic heterocycles. The average Bonchev–Trinajstić information content (AvgIpc) is 2.91. The van der Waals surface area contributed by atoms with Crippen molar-refractivity contribution in [3.05, 3.63) is 69.6 Å². The highest BCUT2D eigenvalue weighted by Gasteiger charge is 2.33. The standard InChI is InChI=1S/C18H13ClN2O3S2/c1-24-14-8-4-12(5-9-14)16(22)20-21-17(23)15(26-18(21)25)10-11-2-6-13(19)7-3-11/h2-10H,1H3,(H,20,22)/b15-10+. The van der Waals surface area contributed by atoms with Crippen molar-refractivity contribution in [3.8, 4) is 5.75 Å². The first-order valence-corrected chi connectivity index (χ1v) is 9.07. The molecule has 1 saturated heterocycles. The molecule has 3 rings (SSSR count). The number of nitrogens with zero attached hydrogens (tertiary/aromatic N) is 1. The van der Waals surface area contributed by atoms with Gasteiger partial charge in [0.25, 0.3) is 11.8 Å². The Kier molecular flexibility index (Phi) is 5.61. The minimum atomic E-state index is -0.434. The van der Waals surface area contributed by atoms with E-state index in [1.807, 2.05) is 0 Å². The van der Waals surface area contributed by atoms with Crippen LogP contribution in [0, 0.1) is 0 Å². The zero-order chi connectivity index (χ0) is 18.7. The highest BCUT2D eigenvalue weighted by atomic mass is 35.5. The third kappa shape index (κ3) is 4.07. The number of hydrazine groups is 1. The van der Waals surface area contributed by atoms with Crippen LogP contribution in [0.2, 0.25) is 5.02 Å². The van der Waals surface area contributed by atoms with Crippen LogP contribution < -0.4 is 10.2 Å². The van der Waals surface area contributed by atoms with E-state index in [1.54, 1.807) is 61.7 Å². The first kappa shape index (κ1) is 18.4. The number of amides is 2. The summed E-state index contributed by atoms with van der Waals surface area (Å²) in [7, 11) is 1.54. The van der Waals surface area contributed by atoms with Crippen molar-refractivity contribution >= 4 is 57.8 Å². The van der Waals surface area contributed by atoms with E-state index >= 15 is 0 Å². The fraction of sp³-hybridized carbons (Fsp3) is 0.0556. The Hall–Kier alpha value is -2.35. The lowest BCUT2D eigenvalue weighted by molar-refractivity contribution is -0.123. The summed E-state index contributed by atoms with van der Waals surface area (Å²) in [6.45, 7) is 0. The van der Waals surface area contributed by atoms with Gasteiger partial charge in [0.15, 0.2) is 4.32 Å². The second-order valence-corrected chi connectivity index (χ2v) is 7.35. The van der Waals surface area contributed by atoms with Gasteiger partial charge in [0, 0.05) is 10.6 Å². The SMILES string of the molecule is COc1ccc(C(=O)NN2C(=O)/C(=C\c3ccc(Cl)cc3)SC2=S)cc1. The van der Waals surface area contributed by atoms with Crippen LogP contribution in [0.4, 0.5) is 0 Å². The van der Waals surface area contributed by atoms with Gasteiger partial charge in [-0.15, -0.1) is 0 Å². The van der Waals surface area contributed by atoms with Crippen molar-refractivity contribution in [2.75, 3.05) is 7.11 Å². The predicted molar refractivity (Wildman–Crippen MR) is 107 cm³/mol.